The van der Waals surface area contributed by atoms with Crippen LogP contribution in [-0.2, 0) is 6.42 Å². The van der Waals surface area contributed by atoms with Crippen LogP contribution in [0.3, 0.4) is 0 Å². The zero-order chi connectivity index (χ0) is 13.2. The Labute approximate surface area is 115 Å². The van der Waals surface area contributed by atoms with Crippen LogP contribution in [-0.4, -0.2) is 60.2 Å². The molecule has 0 aliphatic carbocycles. The molecule has 2 aliphatic rings. The molecule has 0 radical (unpaired) electrons. The van der Waals surface area contributed by atoms with E-state index >= 15 is 0 Å². The summed E-state index contributed by atoms with van der Waals surface area (Å²) in [5.74, 6) is 2.00. The lowest BCUT2D eigenvalue weighted by Crippen LogP contribution is -2.63. The molecule has 0 saturated carbocycles. The highest BCUT2D eigenvalue weighted by atomic mass is 15.3. The van der Waals surface area contributed by atoms with E-state index in [1.54, 1.807) is 0 Å². The van der Waals surface area contributed by atoms with Gasteiger partial charge < -0.3 is 10.2 Å². The van der Waals surface area contributed by atoms with Crippen molar-refractivity contribution < 1.29 is 0 Å². The molecule has 5 nitrogen and oxygen atoms in total. The van der Waals surface area contributed by atoms with Crippen LogP contribution in [0.4, 0.5) is 5.82 Å². The van der Waals surface area contributed by atoms with Crippen molar-refractivity contribution in [2.45, 2.75) is 26.3 Å². The van der Waals surface area contributed by atoms with Gasteiger partial charge in [0.2, 0.25) is 0 Å². The molecule has 0 aromatic carbocycles. The maximum absolute atomic E-state index is 4.57. The van der Waals surface area contributed by atoms with Gasteiger partial charge in [0, 0.05) is 57.1 Å². The summed E-state index contributed by atoms with van der Waals surface area (Å²) in [6.45, 7) is 11.0. The summed E-state index contributed by atoms with van der Waals surface area (Å²) in [5, 5.41) is 3.41. The topological polar surface area (TPSA) is 44.3 Å². The van der Waals surface area contributed by atoms with E-state index in [0.29, 0.717) is 6.04 Å². The molecule has 0 unspecified atom stereocenters. The van der Waals surface area contributed by atoms with Crippen molar-refractivity contribution in [1.29, 1.82) is 0 Å². The van der Waals surface area contributed by atoms with Crippen LogP contribution in [0.5, 0.6) is 0 Å². The predicted octanol–water partition coefficient (Wildman–Crippen LogP) is 0.441. The summed E-state index contributed by atoms with van der Waals surface area (Å²) >= 11 is 0. The summed E-state index contributed by atoms with van der Waals surface area (Å²) in [6.07, 6.45) is 0.978. The molecule has 5 heteroatoms. The smallest absolute Gasteiger partial charge is 0.132 e. The summed E-state index contributed by atoms with van der Waals surface area (Å²) in [5.41, 5.74) is 1.15. The van der Waals surface area contributed by atoms with Crippen LogP contribution in [0.25, 0.3) is 0 Å². The number of nitrogens with one attached hydrogen (secondary N) is 1. The maximum Gasteiger partial charge on any atom is 0.132 e. The molecule has 0 atom stereocenters. The molecule has 0 amide bonds. The first-order chi connectivity index (χ1) is 9.26. The molecule has 0 bridgehead atoms. The first-order valence-corrected chi connectivity index (χ1v) is 7.30. The minimum atomic E-state index is 0.711. The molecule has 19 heavy (non-hydrogen) atoms. The second-order valence-corrected chi connectivity index (χ2v) is 5.46. The molecule has 2 aliphatic heterocycles. The molecular weight excluding hydrogens is 238 g/mol. The van der Waals surface area contributed by atoms with E-state index in [1.165, 1.54) is 13.1 Å². The van der Waals surface area contributed by atoms with Crippen LogP contribution in [0.2, 0.25) is 0 Å². The normalized spacial score (nSPS) is 21.5. The number of aryl methyl sites for hydroxylation is 2. The summed E-state index contributed by atoms with van der Waals surface area (Å²) < 4.78 is 0. The Morgan fingerprint density at radius 3 is 2.68 bits per heavy atom. The largest absolute Gasteiger partial charge is 0.353 e. The second kappa shape index (κ2) is 5.43. The van der Waals surface area contributed by atoms with Crippen LogP contribution in [0.15, 0.2) is 6.07 Å². The Morgan fingerprint density at radius 2 is 2.00 bits per heavy atom. The number of rotatable bonds is 3. The quantitative estimate of drug-likeness (QED) is 0.855. The van der Waals surface area contributed by atoms with E-state index in [4.69, 9.17) is 0 Å². The van der Waals surface area contributed by atoms with Crippen molar-refractivity contribution in [3.05, 3.63) is 17.6 Å². The van der Waals surface area contributed by atoms with Gasteiger partial charge in [-0.15, -0.1) is 0 Å². The Morgan fingerprint density at radius 1 is 1.26 bits per heavy atom. The highest BCUT2D eigenvalue weighted by molar-refractivity contribution is 5.43. The standard InChI is InChI=1S/C14H23N5/c1-3-12-8-14(17-11(2)16-12)19-9-13(10-19)18-6-4-15-5-7-18/h8,13,15H,3-7,9-10H2,1-2H3. The molecule has 2 fully saturated rings. The van der Waals surface area contributed by atoms with E-state index in [2.05, 4.69) is 38.1 Å². The van der Waals surface area contributed by atoms with Crippen LogP contribution < -0.4 is 10.2 Å². The molecule has 3 heterocycles. The van der Waals surface area contributed by atoms with E-state index in [0.717, 1.165) is 49.9 Å². The van der Waals surface area contributed by atoms with Crippen molar-refractivity contribution in [2.75, 3.05) is 44.2 Å². The molecule has 1 aromatic heterocycles. The van der Waals surface area contributed by atoms with Gasteiger partial charge in [-0.25, -0.2) is 9.97 Å². The predicted molar refractivity (Wildman–Crippen MR) is 76.6 cm³/mol. The Balaban J connectivity index is 1.62. The highest BCUT2D eigenvalue weighted by Gasteiger charge is 2.33. The van der Waals surface area contributed by atoms with Crippen molar-refractivity contribution in [3.8, 4) is 0 Å². The first-order valence-electron chi connectivity index (χ1n) is 7.30. The van der Waals surface area contributed by atoms with E-state index in [-0.39, 0.29) is 0 Å². The van der Waals surface area contributed by atoms with E-state index in [1.807, 2.05) is 6.92 Å². The molecule has 3 rings (SSSR count). The zero-order valence-electron chi connectivity index (χ0n) is 11.9. The molecule has 1 aromatic rings. The lowest BCUT2D eigenvalue weighted by molar-refractivity contribution is 0.147. The van der Waals surface area contributed by atoms with Crippen LogP contribution in [0.1, 0.15) is 18.4 Å². The minimum Gasteiger partial charge on any atom is -0.353 e. The number of anilines is 1. The first kappa shape index (κ1) is 12.8. The SMILES string of the molecule is CCc1cc(N2CC(N3CCNCC3)C2)nc(C)n1. The lowest BCUT2D eigenvalue weighted by atomic mass is 10.1. The fourth-order valence-electron chi connectivity index (χ4n) is 2.88. The van der Waals surface area contributed by atoms with Crippen molar-refractivity contribution in [3.63, 3.8) is 0 Å². The minimum absolute atomic E-state index is 0.711. The third-order valence-corrected chi connectivity index (χ3v) is 4.09. The number of hydrogen-bond acceptors (Lipinski definition) is 5. The summed E-state index contributed by atoms with van der Waals surface area (Å²) in [7, 11) is 0. The lowest BCUT2D eigenvalue weighted by Gasteiger charge is -2.47. The molecule has 0 spiro atoms. The summed E-state index contributed by atoms with van der Waals surface area (Å²) in [6, 6.07) is 2.85. The molecule has 2 saturated heterocycles. The highest BCUT2D eigenvalue weighted by Crippen LogP contribution is 2.23. The van der Waals surface area contributed by atoms with Gasteiger partial charge in [-0.05, 0) is 13.3 Å². The van der Waals surface area contributed by atoms with Gasteiger partial charge in [0.25, 0.3) is 0 Å². The van der Waals surface area contributed by atoms with Crippen molar-refractivity contribution in [2.24, 2.45) is 0 Å². The average molecular weight is 261 g/mol. The average Bonchev–Trinajstić information content (AvgIpc) is 2.37. The monoisotopic (exact) mass is 261 g/mol. The Bertz CT molecular complexity index is 435. The third kappa shape index (κ3) is 2.72. The van der Waals surface area contributed by atoms with Gasteiger partial charge in [-0.2, -0.15) is 0 Å². The number of piperazine rings is 1. The second-order valence-electron chi connectivity index (χ2n) is 5.46. The van der Waals surface area contributed by atoms with Gasteiger partial charge in [0.1, 0.15) is 11.6 Å². The maximum atomic E-state index is 4.57. The number of hydrogen-bond donors (Lipinski definition) is 1. The van der Waals surface area contributed by atoms with E-state index in [9.17, 15) is 0 Å². The molecule has 1 N–H and O–H groups in total. The van der Waals surface area contributed by atoms with Gasteiger partial charge in [-0.3, -0.25) is 4.90 Å². The van der Waals surface area contributed by atoms with Crippen LogP contribution >= 0.6 is 0 Å². The number of nitrogens with zero attached hydrogens (tertiary/aromatic N) is 4. The van der Waals surface area contributed by atoms with Crippen LogP contribution in [0, 0.1) is 6.92 Å². The molecular formula is C14H23N5. The Kier molecular flexibility index (Phi) is 3.66. The van der Waals surface area contributed by atoms with Crippen molar-refractivity contribution >= 4 is 5.82 Å². The third-order valence-electron chi connectivity index (χ3n) is 4.09. The fraction of sp³-hybridized carbons (Fsp3) is 0.714. The van der Waals surface area contributed by atoms with Gasteiger partial charge in [-0.1, -0.05) is 6.92 Å². The Hall–Kier alpha value is -1.20. The van der Waals surface area contributed by atoms with Gasteiger partial charge in [0.15, 0.2) is 0 Å². The summed E-state index contributed by atoms with van der Waals surface area (Å²) in [4.78, 5) is 14.0. The molecule has 104 valence electrons. The van der Waals surface area contributed by atoms with Gasteiger partial charge >= 0.3 is 0 Å². The van der Waals surface area contributed by atoms with Crippen molar-refractivity contribution in [1.82, 2.24) is 20.2 Å². The van der Waals surface area contributed by atoms with Gasteiger partial charge in [0.05, 0.1) is 0 Å². The fourth-order valence-corrected chi connectivity index (χ4v) is 2.88. The zero-order valence-corrected chi connectivity index (χ0v) is 11.9. The van der Waals surface area contributed by atoms with E-state index < -0.39 is 0 Å². The number of aromatic nitrogens is 2.